The van der Waals surface area contributed by atoms with Gasteiger partial charge in [-0.1, -0.05) is 35.9 Å². The predicted octanol–water partition coefficient (Wildman–Crippen LogP) is 5.67. The van der Waals surface area contributed by atoms with Crippen LogP contribution in [0.5, 0.6) is 17.2 Å². The molecule has 5 rings (SSSR count). The van der Waals surface area contributed by atoms with Gasteiger partial charge in [0.05, 0.1) is 18.2 Å². The summed E-state index contributed by atoms with van der Waals surface area (Å²) in [6.45, 7) is 3.90. The van der Waals surface area contributed by atoms with Gasteiger partial charge in [-0.15, -0.1) is 0 Å². The fraction of sp³-hybridized carbons (Fsp3) is 0.222. The van der Waals surface area contributed by atoms with Crippen molar-refractivity contribution in [2.75, 3.05) is 20.4 Å². The first-order chi connectivity index (χ1) is 16.0. The number of benzene rings is 3. The topological polar surface area (TPSA) is 48.0 Å². The molecule has 5 nitrogen and oxygen atoms in total. The standard InChI is InChI=1S/C27H24ClNO4/c1-17-12-23-22(15-29(16-32-23)11-10-18-6-8-21(31-2)9-7-18)27-25(17)26(30)24(33-27)14-19-4-3-5-20(28)13-19/h3-9,12-14H,10-11,15-16H2,1-2H3/b24-14+. The van der Waals surface area contributed by atoms with Gasteiger partial charge in [0.2, 0.25) is 5.78 Å². The lowest BCUT2D eigenvalue weighted by Crippen LogP contribution is -2.33. The number of fused-ring (bicyclic) bond motifs is 3. The van der Waals surface area contributed by atoms with Gasteiger partial charge in [0.1, 0.15) is 24.0 Å². The largest absolute Gasteiger partial charge is 0.497 e. The fourth-order valence-corrected chi connectivity index (χ4v) is 4.45. The molecule has 2 aliphatic heterocycles. The molecule has 0 saturated carbocycles. The Morgan fingerprint density at radius 3 is 2.73 bits per heavy atom. The van der Waals surface area contributed by atoms with Crippen LogP contribution in [0.3, 0.4) is 0 Å². The molecule has 3 aromatic carbocycles. The van der Waals surface area contributed by atoms with Crippen molar-refractivity contribution in [2.24, 2.45) is 0 Å². The summed E-state index contributed by atoms with van der Waals surface area (Å²) >= 11 is 6.10. The lowest BCUT2D eigenvalue weighted by atomic mass is 9.98. The Hall–Kier alpha value is -3.28. The van der Waals surface area contributed by atoms with Crippen LogP contribution in [-0.2, 0) is 13.0 Å². The number of hydrogen-bond donors (Lipinski definition) is 0. The summed E-state index contributed by atoms with van der Waals surface area (Å²) in [5.74, 6) is 2.43. The van der Waals surface area contributed by atoms with Crippen molar-refractivity contribution in [1.29, 1.82) is 0 Å². The molecule has 0 aliphatic carbocycles. The quantitative estimate of drug-likeness (QED) is 0.458. The van der Waals surface area contributed by atoms with Gasteiger partial charge >= 0.3 is 0 Å². The Morgan fingerprint density at radius 1 is 1.15 bits per heavy atom. The molecule has 0 fully saturated rings. The van der Waals surface area contributed by atoms with Gasteiger partial charge < -0.3 is 14.2 Å². The van der Waals surface area contributed by atoms with Crippen LogP contribution in [0.15, 0.2) is 60.4 Å². The van der Waals surface area contributed by atoms with Gasteiger partial charge in [-0.3, -0.25) is 9.69 Å². The van der Waals surface area contributed by atoms with Crippen LogP contribution in [0.2, 0.25) is 5.02 Å². The molecular weight excluding hydrogens is 438 g/mol. The van der Waals surface area contributed by atoms with Gasteiger partial charge in [0, 0.05) is 18.1 Å². The summed E-state index contributed by atoms with van der Waals surface area (Å²) < 4.78 is 17.4. The van der Waals surface area contributed by atoms with E-state index in [0.29, 0.717) is 35.4 Å². The number of carbonyl (C=O) groups excluding carboxylic acids is 1. The number of methoxy groups -OCH3 is 1. The number of Topliss-reactive ketones (excluding diaryl/α,β-unsaturated/α-hetero) is 1. The van der Waals surface area contributed by atoms with Gasteiger partial charge in [-0.25, -0.2) is 0 Å². The molecule has 0 aromatic heterocycles. The van der Waals surface area contributed by atoms with Crippen LogP contribution in [-0.4, -0.2) is 31.1 Å². The third-order valence-electron chi connectivity index (χ3n) is 6.01. The van der Waals surface area contributed by atoms with E-state index in [-0.39, 0.29) is 5.78 Å². The molecule has 0 atom stereocenters. The zero-order chi connectivity index (χ0) is 22.9. The molecule has 168 valence electrons. The maximum Gasteiger partial charge on any atom is 0.232 e. The fourth-order valence-electron chi connectivity index (χ4n) is 4.25. The van der Waals surface area contributed by atoms with Crippen molar-refractivity contribution >= 4 is 23.5 Å². The number of allylic oxidation sites excluding steroid dienone is 1. The summed E-state index contributed by atoms with van der Waals surface area (Å²) in [5.41, 5.74) is 4.44. The van der Waals surface area contributed by atoms with Crippen LogP contribution in [0, 0.1) is 6.92 Å². The molecule has 0 radical (unpaired) electrons. The maximum absolute atomic E-state index is 13.1. The molecule has 0 unspecified atom stereocenters. The van der Waals surface area contributed by atoms with Crippen LogP contribution >= 0.6 is 11.6 Å². The molecule has 6 heteroatoms. The van der Waals surface area contributed by atoms with Crippen LogP contribution in [0.1, 0.15) is 32.6 Å². The highest BCUT2D eigenvalue weighted by atomic mass is 35.5. The van der Waals surface area contributed by atoms with Crippen molar-refractivity contribution in [2.45, 2.75) is 19.9 Å². The molecule has 33 heavy (non-hydrogen) atoms. The summed E-state index contributed by atoms with van der Waals surface area (Å²) in [6.07, 6.45) is 2.63. The molecule has 0 saturated heterocycles. The SMILES string of the molecule is COc1ccc(CCN2COc3cc(C)c4c(c3C2)O/C(=C/c2cccc(Cl)c2)C4=O)cc1. The smallest absolute Gasteiger partial charge is 0.232 e. The average Bonchev–Trinajstić information content (AvgIpc) is 3.15. The third-order valence-corrected chi connectivity index (χ3v) is 6.25. The molecule has 3 aromatic rings. The zero-order valence-corrected chi connectivity index (χ0v) is 19.3. The molecule has 0 bridgehead atoms. The Balaban J connectivity index is 1.37. The van der Waals surface area contributed by atoms with E-state index in [1.165, 1.54) is 5.56 Å². The summed E-state index contributed by atoms with van der Waals surface area (Å²) in [7, 11) is 1.67. The molecule has 0 amide bonds. The van der Waals surface area contributed by atoms with Crippen LogP contribution in [0.4, 0.5) is 0 Å². The number of aryl methyl sites for hydroxylation is 1. The van der Waals surface area contributed by atoms with E-state index in [1.54, 1.807) is 25.3 Å². The Bertz CT molecular complexity index is 1250. The van der Waals surface area contributed by atoms with E-state index in [0.717, 1.165) is 41.2 Å². The van der Waals surface area contributed by atoms with Crippen LogP contribution in [0.25, 0.3) is 6.08 Å². The highest BCUT2D eigenvalue weighted by molar-refractivity contribution is 6.30. The Labute approximate surface area is 198 Å². The maximum atomic E-state index is 13.1. The number of ketones is 1. The first-order valence-electron chi connectivity index (χ1n) is 10.9. The number of ether oxygens (including phenoxy) is 3. The molecular formula is C27H24ClNO4. The van der Waals surface area contributed by atoms with E-state index < -0.39 is 0 Å². The molecule has 2 aliphatic rings. The van der Waals surface area contributed by atoms with Crippen molar-refractivity contribution in [3.63, 3.8) is 0 Å². The molecule has 2 heterocycles. The summed E-state index contributed by atoms with van der Waals surface area (Å²) in [6, 6.07) is 17.4. The van der Waals surface area contributed by atoms with Gasteiger partial charge in [0.25, 0.3) is 0 Å². The van der Waals surface area contributed by atoms with Crippen LogP contribution < -0.4 is 14.2 Å². The van der Waals surface area contributed by atoms with E-state index in [9.17, 15) is 4.79 Å². The first-order valence-corrected chi connectivity index (χ1v) is 11.2. The minimum Gasteiger partial charge on any atom is -0.497 e. The van der Waals surface area contributed by atoms with Crippen molar-refractivity contribution in [1.82, 2.24) is 4.90 Å². The first kappa shape index (κ1) is 21.6. The summed E-state index contributed by atoms with van der Waals surface area (Å²) in [4.78, 5) is 15.4. The van der Waals surface area contributed by atoms with Gasteiger partial charge in [0.15, 0.2) is 5.76 Å². The second kappa shape index (κ2) is 8.93. The summed E-state index contributed by atoms with van der Waals surface area (Å²) in [5, 5.41) is 0.613. The minimum absolute atomic E-state index is 0.111. The van der Waals surface area contributed by atoms with Crippen molar-refractivity contribution < 1.29 is 19.0 Å². The van der Waals surface area contributed by atoms with Gasteiger partial charge in [-0.05, 0) is 66.4 Å². The van der Waals surface area contributed by atoms with Crippen molar-refractivity contribution in [3.8, 4) is 17.2 Å². The highest BCUT2D eigenvalue weighted by Gasteiger charge is 2.35. The highest BCUT2D eigenvalue weighted by Crippen LogP contribution is 2.44. The van der Waals surface area contributed by atoms with E-state index in [2.05, 4.69) is 17.0 Å². The lowest BCUT2D eigenvalue weighted by Gasteiger charge is -2.30. The number of rotatable bonds is 5. The number of carbonyl (C=O) groups is 1. The number of halogens is 1. The number of nitrogens with zero attached hydrogens (tertiary/aromatic N) is 1. The van der Waals surface area contributed by atoms with Crippen molar-refractivity contribution in [3.05, 3.63) is 93.2 Å². The average molecular weight is 462 g/mol. The van der Waals surface area contributed by atoms with Gasteiger partial charge in [-0.2, -0.15) is 0 Å². The second-order valence-corrected chi connectivity index (χ2v) is 8.73. The molecule has 0 N–H and O–H groups in total. The predicted molar refractivity (Wildman–Crippen MR) is 128 cm³/mol. The monoisotopic (exact) mass is 461 g/mol. The molecule has 0 spiro atoms. The second-order valence-electron chi connectivity index (χ2n) is 8.29. The normalized spacial score (nSPS) is 16.2. The van der Waals surface area contributed by atoms with E-state index in [4.69, 9.17) is 25.8 Å². The Morgan fingerprint density at radius 2 is 1.97 bits per heavy atom. The minimum atomic E-state index is -0.111. The Kier molecular flexibility index (Phi) is 5.83. The van der Waals surface area contributed by atoms with E-state index in [1.807, 2.05) is 37.3 Å². The third kappa shape index (κ3) is 4.34. The van der Waals surface area contributed by atoms with E-state index >= 15 is 0 Å². The zero-order valence-electron chi connectivity index (χ0n) is 18.6. The number of hydrogen-bond acceptors (Lipinski definition) is 5. The lowest BCUT2D eigenvalue weighted by molar-refractivity contribution is 0.0949.